The highest BCUT2D eigenvalue weighted by Crippen LogP contribution is 2.39. The zero-order chi connectivity index (χ0) is 31.5. The number of nitrogens with zero attached hydrogens (tertiary/aromatic N) is 2. The first-order valence-electron chi connectivity index (χ1n) is 15.3. The first kappa shape index (κ1) is 33.2. The van der Waals surface area contributed by atoms with Crippen molar-refractivity contribution in [3.05, 3.63) is 89.0 Å². The van der Waals surface area contributed by atoms with E-state index in [2.05, 4.69) is 9.80 Å². The van der Waals surface area contributed by atoms with Gasteiger partial charge in [-0.2, -0.15) is 0 Å². The maximum Gasteiger partial charge on any atom is 0.324 e. The minimum absolute atomic E-state index is 0.0724. The Morgan fingerprint density at radius 2 is 1.43 bits per heavy atom. The molecule has 0 spiro atoms. The average Bonchev–Trinajstić information content (AvgIpc) is 3.04. The lowest BCUT2D eigenvalue weighted by Crippen LogP contribution is -2.56. The molecule has 0 saturated carbocycles. The molecule has 3 aromatic carbocycles. The highest BCUT2D eigenvalue weighted by atomic mass is 19.1. The molecule has 1 saturated heterocycles. The summed E-state index contributed by atoms with van der Waals surface area (Å²) >= 11 is 0. The first-order valence-corrected chi connectivity index (χ1v) is 15.3. The predicted molar refractivity (Wildman–Crippen MR) is 166 cm³/mol. The SMILES string of the molecule is CCOC(=O)C1CN(CCCCCC(c2ccc(F)cc2)c2ccc(F)cc2)CCN1Cc1cc(OC)c(OC)c(OC)c1. The van der Waals surface area contributed by atoms with Crippen molar-refractivity contribution >= 4 is 5.97 Å². The Hall–Kier alpha value is -3.69. The summed E-state index contributed by atoms with van der Waals surface area (Å²) in [5.41, 5.74) is 3.01. The van der Waals surface area contributed by atoms with Gasteiger partial charge in [-0.25, -0.2) is 8.78 Å². The number of hydrogen-bond donors (Lipinski definition) is 0. The van der Waals surface area contributed by atoms with Crippen LogP contribution in [0.4, 0.5) is 8.78 Å². The Bertz CT molecular complexity index is 1270. The molecule has 1 heterocycles. The molecule has 0 bridgehead atoms. The van der Waals surface area contributed by atoms with Gasteiger partial charge in [0, 0.05) is 32.1 Å². The van der Waals surface area contributed by atoms with Crippen LogP contribution in [0.1, 0.15) is 55.2 Å². The Morgan fingerprint density at radius 1 is 0.841 bits per heavy atom. The van der Waals surface area contributed by atoms with Crippen molar-refractivity contribution in [1.82, 2.24) is 9.80 Å². The fourth-order valence-corrected chi connectivity index (χ4v) is 5.97. The van der Waals surface area contributed by atoms with Crippen LogP contribution in [0.3, 0.4) is 0 Å². The lowest BCUT2D eigenvalue weighted by molar-refractivity contribution is -0.152. The molecule has 0 N–H and O–H groups in total. The van der Waals surface area contributed by atoms with E-state index in [1.54, 1.807) is 21.3 Å². The lowest BCUT2D eigenvalue weighted by Gasteiger charge is -2.40. The van der Waals surface area contributed by atoms with E-state index in [-0.39, 0.29) is 29.6 Å². The number of carbonyl (C=O) groups is 1. The summed E-state index contributed by atoms with van der Waals surface area (Å²) in [7, 11) is 4.76. The van der Waals surface area contributed by atoms with Crippen LogP contribution in [0.5, 0.6) is 17.2 Å². The number of carbonyl (C=O) groups excluding carboxylic acids is 1. The average molecular weight is 611 g/mol. The van der Waals surface area contributed by atoms with Crippen LogP contribution in [0.15, 0.2) is 60.7 Å². The molecule has 238 valence electrons. The van der Waals surface area contributed by atoms with E-state index in [1.165, 1.54) is 24.3 Å². The molecule has 1 fully saturated rings. The molecule has 1 unspecified atom stereocenters. The second kappa shape index (κ2) is 16.4. The summed E-state index contributed by atoms with van der Waals surface area (Å²) in [5, 5.41) is 0. The zero-order valence-corrected chi connectivity index (χ0v) is 26.2. The summed E-state index contributed by atoms with van der Waals surface area (Å²) in [6.07, 6.45) is 3.85. The van der Waals surface area contributed by atoms with E-state index in [1.807, 2.05) is 43.3 Å². The molecule has 0 amide bonds. The van der Waals surface area contributed by atoms with Gasteiger partial charge in [0.25, 0.3) is 0 Å². The lowest BCUT2D eigenvalue weighted by atomic mass is 9.87. The number of benzene rings is 3. The smallest absolute Gasteiger partial charge is 0.324 e. The predicted octanol–water partition coefficient (Wildman–Crippen LogP) is 6.43. The summed E-state index contributed by atoms with van der Waals surface area (Å²) < 4.78 is 49.1. The first-order chi connectivity index (χ1) is 21.4. The molecule has 3 aromatic rings. The van der Waals surface area contributed by atoms with Gasteiger partial charge in [-0.15, -0.1) is 0 Å². The van der Waals surface area contributed by atoms with Crippen molar-refractivity contribution in [1.29, 1.82) is 0 Å². The number of halogens is 2. The number of unbranched alkanes of at least 4 members (excludes halogenated alkanes) is 2. The van der Waals surface area contributed by atoms with Crippen molar-refractivity contribution in [2.75, 3.05) is 54.1 Å². The second-order valence-electron chi connectivity index (χ2n) is 11.1. The molecule has 44 heavy (non-hydrogen) atoms. The van der Waals surface area contributed by atoms with Gasteiger partial charge in [0.1, 0.15) is 17.7 Å². The molecule has 4 rings (SSSR count). The van der Waals surface area contributed by atoms with E-state index in [0.29, 0.717) is 36.9 Å². The van der Waals surface area contributed by atoms with Crippen molar-refractivity contribution in [3.63, 3.8) is 0 Å². The fourth-order valence-electron chi connectivity index (χ4n) is 5.97. The van der Waals surface area contributed by atoms with Gasteiger partial charge >= 0.3 is 5.97 Å². The van der Waals surface area contributed by atoms with Crippen molar-refractivity contribution < 1.29 is 32.5 Å². The van der Waals surface area contributed by atoms with Gasteiger partial charge in [-0.05, 0) is 79.4 Å². The van der Waals surface area contributed by atoms with Crippen molar-refractivity contribution in [2.45, 2.75) is 51.1 Å². The number of ether oxygens (including phenoxy) is 4. The normalized spacial score (nSPS) is 15.8. The van der Waals surface area contributed by atoms with E-state index in [0.717, 1.165) is 62.0 Å². The van der Waals surface area contributed by atoms with Gasteiger partial charge in [0.2, 0.25) is 5.75 Å². The summed E-state index contributed by atoms with van der Waals surface area (Å²) in [4.78, 5) is 17.5. The number of methoxy groups -OCH3 is 3. The molecular formula is C35H44F2N2O5. The fraction of sp³-hybridized carbons (Fsp3) is 0.457. The monoisotopic (exact) mass is 610 g/mol. The molecule has 1 aliphatic heterocycles. The largest absolute Gasteiger partial charge is 0.493 e. The number of esters is 1. The molecule has 1 aliphatic rings. The van der Waals surface area contributed by atoms with Gasteiger partial charge in [0.15, 0.2) is 11.5 Å². The number of hydrogen-bond acceptors (Lipinski definition) is 7. The van der Waals surface area contributed by atoms with Gasteiger partial charge in [0.05, 0.1) is 27.9 Å². The Labute approximate surface area is 259 Å². The Kier molecular flexibility index (Phi) is 12.4. The van der Waals surface area contributed by atoms with Crippen molar-refractivity contribution in [2.24, 2.45) is 0 Å². The summed E-state index contributed by atoms with van der Waals surface area (Å²) in [6, 6.07) is 16.6. The maximum absolute atomic E-state index is 13.6. The van der Waals surface area contributed by atoms with Crippen LogP contribution < -0.4 is 14.2 Å². The summed E-state index contributed by atoms with van der Waals surface area (Å²) in [6.45, 7) is 5.74. The quantitative estimate of drug-likeness (QED) is 0.145. The van der Waals surface area contributed by atoms with Gasteiger partial charge in [-0.3, -0.25) is 14.6 Å². The highest BCUT2D eigenvalue weighted by Gasteiger charge is 2.33. The molecular weight excluding hydrogens is 566 g/mol. The topological polar surface area (TPSA) is 60.5 Å². The molecule has 0 aliphatic carbocycles. The number of rotatable bonds is 15. The Morgan fingerprint density at radius 3 is 1.95 bits per heavy atom. The van der Waals surface area contributed by atoms with Crippen molar-refractivity contribution in [3.8, 4) is 17.2 Å². The molecule has 1 atom stereocenters. The van der Waals surface area contributed by atoms with E-state index < -0.39 is 0 Å². The van der Waals surface area contributed by atoms with Crippen LogP contribution in [-0.2, 0) is 16.1 Å². The Balaban J connectivity index is 1.34. The van der Waals surface area contributed by atoms with Crippen LogP contribution >= 0.6 is 0 Å². The molecule has 9 heteroatoms. The van der Waals surface area contributed by atoms with Crippen LogP contribution in [-0.4, -0.2) is 75.9 Å². The molecule has 7 nitrogen and oxygen atoms in total. The maximum atomic E-state index is 13.6. The third kappa shape index (κ3) is 8.70. The minimum Gasteiger partial charge on any atom is -0.493 e. The molecule has 0 aromatic heterocycles. The molecule has 0 radical (unpaired) electrons. The van der Waals surface area contributed by atoms with E-state index in [9.17, 15) is 13.6 Å². The standard InChI is InChI=1S/C35H44F2N2O5/c1-5-44-35(40)31-24-38(19-20-39(31)23-25-21-32(41-2)34(43-4)33(22-25)42-3)18-8-6-7-9-30(26-10-14-28(36)15-11-26)27-12-16-29(37)17-13-27/h10-17,21-22,30-31H,5-9,18-20,23-24H2,1-4H3. The van der Waals surface area contributed by atoms with E-state index >= 15 is 0 Å². The summed E-state index contributed by atoms with van der Waals surface area (Å²) in [5.74, 6) is 1.01. The van der Waals surface area contributed by atoms with Gasteiger partial charge < -0.3 is 18.9 Å². The number of piperazine rings is 1. The second-order valence-corrected chi connectivity index (χ2v) is 11.1. The van der Waals surface area contributed by atoms with Crippen LogP contribution in [0.2, 0.25) is 0 Å². The third-order valence-corrected chi connectivity index (χ3v) is 8.26. The highest BCUT2D eigenvalue weighted by molar-refractivity contribution is 5.76. The van der Waals surface area contributed by atoms with Crippen LogP contribution in [0.25, 0.3) is 0 Å². The van der Waals surface area contributed by atoms with Crippen LogP contribution in [0, 0.1) is 11.6 Å². The minimum atomic E-state index is -0.385. The third-order valence-electron chi connectivity index (χ3n) is 8.26. The zero-order valence-electron chi connectivity index (χ0n) is 26.2. The van der Waals surface area contributed by atoms with Gasteiger partial charge in [-0.1, -0.05) is 37.1 Å². The van der Waals surface area contributed by atoms with E-state index in [4.69, 9.17) is 18.9 Å².